The zero-order valence-electron chi connectivity index (χ0n) is 7.25. The van der Waals surface area contributed by atoms with Gasteiger partial charge < -0.3 is 0 Å². The van der Waals surface area contributed by atoms with Crippen LogP contribution in [0, 0.1) is 11.8 Å². The average molecular weight is 168 g/mol. The lowest BCUT2D eigenvalue weighted by Gasteiger charge is -2.20. The minimum atomic E-state index is 0.720. The Morgan fingerprint density at radius 2 is 2.45 bits per heavy atom. The van der Waals surface area contributed by atoms with Crippen LogP contribution >= 0.6 is 12.6 Å². The van der Waals surface area contributed by atoms with Crippen LogP contribution in [0.5, 0.6) is 0 Å². The standard InChI is InChI=1S/C10H16S/c1-3-8(2)9-5-4-6-10(11)7-9/h4,6-9,11H,3,5H2,1-2H3/t8?,9-/m0/s1. The molecular formula is C10H16S. The Morgan fingerprint density at radius 1 is 1.73 bits per heavy atom. The third-order valence-corrected chi connectivity index (χ3v) is 2.75. The first-order valence-corrected chi connectivity index (χ1v) is 4.76. The molecule has 0 aromatic carbocycles. The van der Waals surface area contributed by atoms with E-state index in [9.17, 15) is 0 Å². The molecule has 0 saturated carbocycles. The van der Waals surface area contributed by atoms with Gasteiger partial charge in [0.1, 0.15) is 0 Å². The topological polar surface area (TPSA) is 0 Å². The predicted molar refractivity (Wildman–Crippen MR) is 53.8 cm³/mol. The minimum absolute atomic E-state index is 0.720. The van der Waals surface area contributed by atoms with Crippen LogP contribution in [-0.4, -0.2) is 0 Å². The number of hydrogen-bond acceptors (Lipinski definition) is 1. The Balaban J connectivity index is 2.56. The average Bonchev–Trinajstić information content (AvgIpc) is 2.03. The second kappa shape index (κ2) is 4.01. The quantitative estimate of drug-likeness (QED) is 0.600. The second-order valence-corrected chi connectivity index (χ2v) is 3.80. The Hall–Kier alpha value is -0.170. The van der Waals surface area contributed by atoms with Gasteiger partial charge in [-0.25, -0.2) is 0 Å². The fourth-order valence-corrected chi connectivity index (χ4v) is 1.69. The van der Waals surface area contributed by atoms with Crippen LogP contribution in [0.3, 0.4) is 0 Å². The summed E-state index contributed by atoms with van der Waals surface area (Å²) in [5, 5.41) is 0. The summed E-state index contributed by atoms with van der Waals surface area (Å²) in [6.07, 6.45) is 9.04. The molecule has 11 heavy (non-hydrogen) atoms. The molecule has 0 fully saturated rings. The van der Waals surface area contributed by atoms with Crippen LogP contribution in [0.15, 0.2) is 23.1 Å². The molecule has 1 unspecified atom stereocenters. The fourth-order valence-electron chi connectivity index (χ4n) is 1.39. The lowest BCUT2D eigenvalue weighted by atomic mass is 9.87. The van der Waals surface area contributed by atoms with Gasteiger partial charge in [-0.05, 0) is 23.2 Å². The van der Waals surface area contributed by atoms with Crippen LogP contribution in [0.2, 0.25) is 0 Å². The van der Waals surface area contributed by atoms with E-state index in [1.54, 1.807) is 0 Å². The monoisotopic (exact) mass is 168 g/mol. The molecule has 1 heteroatoms. The van der Waals surface area contributed by atoms with E-state index in [4.69, 9.17) is 0 Å². The predicted octanol–water partition coefficient (Wildman–Crippen LogP) is 3.42. The summed E-state index contributed by atoms with van der Waals surface area (Å²) in [4.78, 5) is 1.13. The van der Waals surface area contributed by atoms with Crippen LogP contribution in [0.1, 0.15) is 26.7 Å². The lowest BCUT2D eigenvalue weighted by Crippen LogP contribution is -2.09. The van der Waals surface area contributed by atoms with E-state index in [-0.39, 0.29) is 0 Å². The van der Waals surface area contributed by atoms with Gasteiger partial charge in [0.05, 0.1) is 0 Å². The van der Waals surface area contributed by atoms with E-state index in [2.05, 4.69) is 44.7 Å². The molecule has 1 aliphatic rings. The van der Waals surface area contributed by atoms with Crippen molar-refractivity contribution in [2.45, 2.75) is 26.7 Å². The third kappa shape index (κ3) is 2.41. The molecular weight excluding hydrogens is 152 g/mol. The highest BCUT2D eigenvalue weighted by Gasteiger charge is 2.13. The van der Waals surface area contributed by atoms with Crippen molar-refractivity contribution in [2.24, 2.45) is 11.8 Å². The molecule has 0 nitrogen and oxygen atoms in total. The zero-order valence-corrected chi connectivity index (χ0v) is 8.14. The van der Waals surface area contributed by atoms with Gasteiger partial charge in [-0.15, -0.1) is 12.6 Å². The first-order chi connectivity index (χ1) is 5.24. The Bertz CT molecular complexity index is 179. The highest BCUT2D eigenvalue weighted by Crippen LogP contribution is 2.26. The molecule has 0 bridgehead atoms. The highest BCUT2D eigenvalue weighted by atomic mass is 32.1. The van der Waals surface area contributed by atoms with Gasteiger partial charge in [0.25, 0.3) is 0 Å². The van der Waals surface area contributed by atoms with E-state index in [0.717, 1.165) is 16.7 Å². The first kappa shape index (κ1) is 8.92. The molecule has 0 N–H and O–H groups in total. The van der Waals surface area contributed by atoms with Gasteiger partial charge in [0, 0.05) is 0 Å². The van der Waals surface area contributed by atoms with E-state index in [1.165, 1.54) is 12.8 Å². The van der Waals surface area contributed by atoms with Crippen molar-refractivity contribution in [2.75, 3.05) is 0 Å². The van der Waals surface area contributed by atoms with Crippen molar-refractivity contribution in [3.8, 4) is 0 Å². The molecule has 0 amide bonds. The first-order valence-electron chi connectivity index (χ1n) is 4.31. The smallest absolute Gasteiger partial charge is 0.0000157 e. The van der Waals surface area contributed by atoms with E-state index in [0.29, 0.717) is 0 Å². The van der Waals surface area contributed by atoms with Gasteiger partial charge in [0.2, 0.25) is 0 Å². The number of hydrogen-bond donors (Lipinski definition) is 1. The van der Waals surface area contributed by atoms with Crippen LogP contribution in [0.25, 0.3) is 0 Å². The molecule has 0 aromatic rings. The summed E-state index contributed by atoms with van der Waals surface area (Å²) in [6.45, 7) is 4.55. The van der Waals surface area contributed by atoms with Gasteiger partial charge >= 0.3 is 0 Å². The molecule has 1 rings (SSSR count). The Morgan fingerprint density at radius 3 is 3.00 bits per heavy atom. The van der Waals surface area contributed by atoms with E-state index < -0.39 is 0 Å². The van der Waals surface area contributed by atoms with Crippen LogP contribution in [-0.2, 0) is 0 Å². The SMILES string of the molecule is CCC(C)[C@@H]1C=C(S)C=CC1. The highest BCUT2D eigenvalue weighted by molar-refractivity contribution is 7.84. The molecule has 0 aromatic heterocycles. The molecule has 0 aliphatic heterocycles. The third-order valence-electron chi connectivity index (χ3n) is 2.46. The van der Waals surface area contributed by atoms with Gasteiger partial charge in [-0.1, -0.05) is 38.5 Å². The fraction of sp³-hybridized carbons (Fsp3) is 0.600. The summed E-state index contributed by atoms with van der Waals surface area (Å²) >= 11 is 4.33. The molecule has 0 spiro atoms. The molecule has 0 heterocycles. The normalized spacial score (nSPS) is 26.5. The largest absolute Gasteiger partial charge is 0.144 e. The summed E-state index contributed by atoms with van der Waals surface area (Å²) < 4.78 is 0. The minimum Gasteiger partial charge on any atom is -0.144 e. The number of rotatable bonds is 2. The summed E-state index contributed by atoms with van der Waals surface area (Å²) in [6, 6.07) is 0. The molecule has 0 radical (unpaired) electrons. The molecule has 1 aliphatic carbocycles. The Kier molecular flexibility index (Phi) is 3.25. The molecule has 2 atom stereocenters. The van der Waals surface area contributed by atoms with Crippen molar-refractivity contribution in [1.29, 1.82) is 0 Å². The summed E-state index contributed by atoms with van der Waals surface area (Å²) in [5.41, 5.74) is 0. The summed E-state index contributed by atoms with van der Waals surface area (Å²) in [7, 11) is 0. The van der Waals surface area contributed by atoms with Crippen molar-refractivity contribution in [3.63, 3.8) is 0 Å². The van der Waals surface area contributed by atoms with Gasteiger partial charge in [-0.3, -0.25) is 0 Å². The molecule has 62 valence electrons. The Labute approximate surface area is 74.8 Å². The van der Waals surface area contributed by atoms with Crippen molar-refractivity contribution in [1.82, 2.24) is 0 Å². The van der Waals surface area contributed by atoms with Crippen LogP contribution in [0.4, 0.5) is 0 Å². The van der Waals surface area contributed by atoms with Crippen LogP contribution < -0.4 is 0 Å². The van der Waals surface area contributed by atoms with E-state index in [1.807, 2.05) is 0 Å². The maximum absolute atomic E-state index is 4.33. The van der Waals surface area contributed by atoms with Crippen molar-refractivity contribution < 1.29 is 0 Å². The van der Waals surface area contributed by atoms with Crippen molar-refractivity contribution in [3.05, 3.63) is 23.1 Å². The molecule has 0 saturated heterocycles. The zero-order chi connectivity index (χ0) is 8.27. The maximum Gasteiger partial charge on any atom is -0.0000157 e. The van der Waals surface area contributed by atoms with Gasteiger partial charge in [0.15, 0.2) is 0 Å². The number of thiol groups is 1. The lowest BCUT2D eigenvalue weighted by molar-refractivity contribution is 0.417. The maximum atomic E-state index is 4.33. The number of allylic oxidation sites excluding steroid dienone is 3. The van der Waals surface area contributed by atoms with Crippen molar-refractivity contribution >= 4 is 12.6 Å². The van der Waals surface area contributed by atoms with E-state index >= 15 is 0 Å². The summed E-state index contributed by atoms with van der Waals surface area (Å²) in [5.74, 6) is 1.51. The van der Waals surface area contributed by atoms with Gasteiger partial charge in [-0.2, -0.15) is 0 Å². The second-order valence-electron chi connectivity index (χ2n) is 3.28.